The van der Waals surface area contributed by atoms with E-state index in [1.54, 1.807) is 0 Å². The van der Waals surface area contributed by atoms with Crippen molar-refractivity contribution in [1.82, 2.24) is 4.90 Å². The minimum absolute atomic E-state index is 1.10. The smallest absolute Gasteiger partial charge is 0.129 e. The van der Waals surface area contributed by atoms with Crippen LogP contribution in [-0.4, -0.2) is 11.4 Å². The first-order chi connectivity index (χ1) is 7.83. The Morgan fingerprint density at radius 3 is 3.12 bits per heavy atom. The third-order valence-corrected chi connectivity index (χ3v) is 3.19. The van der Waals surface area contributed by atoms with E-state index in [4.69, 9.17) is 4.99 Å². The highest BCUT2D eigenvalue weighted by Gasteiger charge is 2.12. The second kappa shape index (κ2) is 3.78. The quantitative estimate of drug-likeness (QED) is 0.639. The number of hydrogen-bond donors (Lipinski definition) is 0. The molecule has 0 aromatic heterocycles. The lowest BCUT2D eigenvalue weighted by Crippen LogP contribution is -2.34. The molecule has 0 saturated heterocycles. The van der Waals surface area contributed by atoms with Crippen LogP contribution in [0.15, 0.2) is 35.1 Å². The molecule has 2 aliphatic rings. The summed E-state index contributed by atoms with van der Waals surface area (Å²) in [6.07, 6.45) is 8.18. The zero-order valence-electron chi connectivity index (χ0n) is 9.61. The maximum Gasteiger partial charge on any atom is 0.129 e. The third-order valence-electron chi connectivity index (χ3n) is 3.19. The van der Waals surface area contributed by atoms with E-state index >= 15 is 0 Å². The van der Waals surface area contributed by atoms with Gasteiger partial charge >= 0.3 is 0 Å². The van der Waals surface area contributed by atoms with Gasteiger partial charge in [0.25, 0.3) is 0 Å². The molecule has 16 heavy (non-hydrogen) atoms. The van der Waals surface area contributed by atoms with Gasteiger partial charge in [-0.2, -0.15) is 0 Å². The Morgan fingerprint density at radius 1 is 1.25 bits per heavy atom. The fraction of sp³-hybridized carbons (Fsp3) is 0.357. The second-order valence-corrected chi connectivity index (χ2v) is 4.55. The van der Waals surface area contributed by atoms with E-state index in [1.165, 1.54) is 23.6 Å². The van der Waals surface area contributed by atoms with Crippen LogP contribution in [0.3, 0.4) is 0 Å². The van der Waals surface area contributed by atoms with E-state index in [9.17, 15) is 0 Å². The number of fused-ring (bicyclic) bond motifs is 2. The molecule has 2 nitrogen and oxygen atoms in total. The van der Waals surface area contributed by atoms with Crippen LogP contribution in [0.25, 0.3) is 6.20 Å². The molecule has 0 saturated carbocycles. The van der Waals surface area contributed by atoms with Crippen LogP contribution >= 0.6 is 0 Å². The van der Waals surface area contributed by atoms with Crippen molar-refractivity contribution in [2.24, 2.45) is 4.99 Å². The van der Waals surface area contributed by atoms with E-state index in [0.717, 1.165) is 24.1 Å². The number of benzene rings is 1. The summed E-state index contributed by atoms with van der Waals surface area (Å²) in [7, 11) is 0. The van der Waals surface area contributed by atoms with E-state index in [-0.39, 0.29) is 0 Å². The van der Waals surface area contributed by atoms with E-state index < -0.39 is 0 Å². The van der Waals surface area contributed by atoms with Crippen molar-refractivity contribution in [1.29, 1.82) is 0 Å². The fourth-order valence-electron chi connectivity index (χ4n) is 2.28. The first-order valence-electron chi connectivity index (χ1n) is 5.97. The van der Waals surface area contributed by atoms with E-state index in [0.29, 0.717) is 0 Å². The highest BCUT2D eigenvalue weighted by Crippen LogP contribution is 2.16. The molecule has 0 bridgehead atoms. The summed E-state index contributed by atoms with van der Waals surface area (Å²) >= 11 is 0. The molecule has 0 fully saturated rings. The molecule has 0 spiro atoms. The average molecular weight is 212 g/mol. The number of rotatable bonds is 0. The summed E-state index contributed by atoms with van der Waals surface area (Å²) in [5.41, 5.74) is 1.28. The molecule has 0 amide bonds. The van der Waals surface area contributed by atoms with E-state index in [2.05, 4.69) is 42.3 Å². The van der Waals surface area contributed by atoms with Crippen molar-refractivity contribution in [2.75, 3.05) is 6.54 Å². The SMILES string of the molecule is Cc1ccc2c(c1)=NC1=CCCCCN1C=2. The summed E-state index contributed by atoms with van der Waals surface area (Å²) in [5.74, 6) is 1.13. The van der Waals surface area contributed by atoms with Gasteiger partial charge in [0.2, 0.25) is 0 Å². The van der Waals surface area contributed by atoms with Crippen molar-refractivity contribution < 1.29 is 0 Å². The minimum Gasteiger partial charge on any atom is -0.333 e. The van der Waals surface area contributed by atoms with Gasteiger partial charge in [0.05, 0.1) is 5.36 Å². The van der Waals surface area contributed by atoms with Crippen LogP contribution < -0.4 is 10.6 Å². The normalized spacial score (nSPS) is 18.6. The summed E-state index contributed by atoms with van der Waals surface area (Å²) in [6, 6.07) is 6.47. The molecule has 1 aromatic rings. The van der Waals surface area contributed by atoms with Gasteiger partial charge in [-0.1, -0.05) is 12.1 Å². The molecule has 3 rings (SSSR count). The Hall–Kier alpha value is -1.57. The Balaban J connectivity index is 2.19. The number of allylic oxidation sites excluding steroid dienone is 1. The summed E-state index contributed by atoms with van der Waals surface area (Å²) in [5, 5.41) is 2.36. The summed E-state index contributed by atoms with van der Waals surface area (Å²) < 4.78 is 0. The highest BCUT2D eigenvalue weighted by molar-refractivity contribution is 5.32. The van der Waals surface area contributed by atoms with Gasteiger partial charge in [0, 0.05) is 18.0 Å². The Bertz CT molecular complexity index is 555. The molecule has 2 heteroatoms. The van der Waals surface area contributed by atoms with Crippen LogP contribution in [0.4, 0.5) is 0 Å². The Kier molecular flexibility index (Phi) is 2.28. The molecule has 0 radical (unpaired) electrons. The average Bonchev–Trinajstić information content (AvgIpc) is 2.50. The largest absolute Gasteiger partial charge is 0.333 e. The number of hydrogen-bond acceptors (Lipinski definition) is 2. The molecular formula is C14H16N2. The van der Waals surface area contributed by atoms with Gasteiger partial charge in [0.15, 0.2) is 0 Å². The first kappa shape index (κ1) is 9.64. The van der Waals surface area contributed by atoms with Crippen molar-refractivity contribution in [3.8, 4) is 0 Å². The van der Waals surface area contributed by atoms with Gasteiger partial charge in [-0.25, -0.2) is 4.99 Å². The predicted molar refractivity (Wildman–Crippen MR) is 65.1 cm³/mol. The molecule has 1 aromatic carbocycles. The van der Waals surface area contributed by atoms with Crippen LogP contribution in [0.1, 0.15) is 24.8 Å². The highest BCUT2D eigenvalue weighted by atomic mass is 15.2. The lowest BCUT2D eigenvalue weighted by atomic mass is 10.2. The third kappa shape index (κ3) is 1.64. The van der Waals surface area contributed by atoms with Gasteiger partial charge in [-0.15, -0.1) is 0 Å². The maximum absolute atomic E-state index is 4.74. The number of aryl methyl sites for hydroxylation is 1. The monoisotopic (exact) mass is 212 g/mol. The zero-order chi connectivity index (χ0) is 11.0. The lowest BCUT2D eigenvalue weighted by Gasteiger charge is -2.21. The molecular weight excluding hydrogens is 196 g/mol. The summed E-state index contributed by atoms with van der Waals surface area (Å²) in [6.45, 7) is 3.21. The maximum atomic E-state index is 4.74. The van der Waals surface area contributed by atoms with Crippen molar-refractivity contribution in [3.63, 3.8) is 0 Å². The molecule has 82 valence electrons. The molecule has 2 aliphatic heterocycles. The molecule has 0 atom stereocenters. The van der Waals surface area contributed by atoms with Crippen molar-refractivity contribution in [3.05, 3.63) is 46.2 Å². The Morgan fingerprint density at radius 2 is 2.19 bits per heavy atom. The van der Waals surface area contributed by atoms with Crippen LogP contribution in [0, 0.1) is 6.92 Å². The molecule has 0 aliphatic carbocycles. The first-order valence-corrected chi connectivity index (χ1v) is 5.97. The molecule has 0 N–H and O–H groups in total. The predicted octanol–water partition coefficient (Wildman–Crippen LogP) is 1.69. The number of nitrogens with zero attached hydrogens (tertiary/aromatic N) is 2. The van der Waals surface area contributed by atoms with Crippen molar-refractivity contribution in [2.45, 2.75) is 26.2 Å². The van der Waals surface area contributed by atoms with Gasteiger partial charge < -0.3 is 4.90 Å². The second-order valence-electron chi connectivity index (χ2n) is 4.55. The Labute approximate surface area is 95.6 Å². The fourth-order valence-corrected chi connectivity index (χ4v) is 2.28. The molecule has 2 heterocycles. The van der Waals surface area contributed by atoms with Gasteiger partial charge in [-0.3, -0.25) is 0 Å². The standard InChI is InChI=1S/C14H16N2/c1-11-6-7-12-10-16-8-4-2-3-5-14(16)15-13(12)9-11/h5-7,9-10H,2-4,8H2,1H3. The topological polar surface area (TPSA) is 15.6 Å². The van der Waals surface area contributed by atoms with Gasteiger partial charge in [-0.05, 0) is 43.9 Å². The summed E-state index contributed by atoms with van der Waals surface area (Å²) in [4.78, 5) is 7.03. The van der Waals surface area contributed by atoms with Gasteiger partial charge in [0.1, 0.15) is 5.82 Å². The minimum atomic E-state index is 1.10. The van der Waals surface area contributed by atoms with Crippen molar-refractivity contribution >= 4 is 6.20 Å². The van der Waals surface area contributed by atoms with Crippen LogP contribution in [0.5, 0.6) is 0 Å². The lowest BCUT2D eigenvalue weighted by molar-refractivity contribution is 0.482. The zero-order valence-corrected chi connectivity index (χ0v) is 9.61. The van der Waals surface area contributed by atoms with Crippen LogP contribution in [0.2, 0.25) is 0 Å². The molecule has 0 unspecified atom stereocenters. The van der Waals surface area contributed by atoms with Crippen LogP contribution in [-0.2, 0) is 0 Å². The van der Waals surface area contributed by atoms with E-state index in [1.807, 2.05) is 0 Å².